The molecule has 1 heterocycles. The third-order valence-electron chi connectivity index (χ3n) is 5.25. The van der Waals surface area contributed by atoms with Gasteiger partial charge in [0.2, 0.25) is 0 Å². The summed E-state index contributed by atoms with van der Waals surface area (Å²) >= 11 is 0. The van der Waals surface area contributed by atoms with Crippen molar-refractivity contribution in [3.8, 4) is 22.8 Å². The molecule has 1 amide bonds. The third-order valence-corrected chi connectivity index (χ3v) is 5.25. The van der Waals surface area contributed by atoms with Crippen molar-refractivity contribution >= 4 is 17.4 Å². The molecule has 0 atom stereocenters. The molecule has 1 aromatic heterocycles. The molecular weight excluding hydrogens is 418 g/mol. The molecule has 0 aliphatic rings. The number of H-pyrrole nitrogens is 1. The van der Waals surface area contributed by atoms with Crippen LogP contribution in [-0.4, -0.2) is 36.1 Å². The first-order chi connectivity index (χ1) is 16.0. The van der Waals surface area contributed by atoms with Crippen LogP contribution in [0.25, 0.3) is 11.3 Å². The van der Waals surface area contributed by atoms with Gasteiger partial charge >= 0.3 is 0 Å². The Bertz CT molecular complexity index is 1270. The number of nitrogens with zero attached hydrogens (tertiary/aromatic N) is 1. The van der Waals surface area contributed by atoms with Gasteiger partial charge in [-0.15, -0.1) is 0 Å². The number of anilines is 1. The number of aromatic nitrogens is 2. The summed E-state index contributed by atoms with van der Waals surface area (Å²) in [5.41, 5.74) is 3.44. The van der Waals surface area contributed by atoms with Crippen LogP contribution in [0.4, 0.5) is 5.69 Å². The molecular formula is C26H23N3O4. The van der Waals surface area contributed by atoms with Crippen LogP contribution in [0.3, 0.4) is 0 Å². The largest absolute Gasteiger partial charge is 0.497 e. The van der Waals surface area contributed by atoms with Crippen molar-refractivity contribution in [3.63, 3.8) is 0 Å². The van der Waals surface area contributed by atoms with E-state index in [1.807, 2.05) is 19.1 Å². The highest BCUT2D eigenvalue weighted by atomic mass is 16.5. The number of rotatable bonds is 7. The van der Waals surface area contributed by atoms with Crippen LogP contribution >= 0.6 is 0 Å². The maximum Gasteiger partial charge on any atom is 0.274 e. The summed E-state index contributed by atoms with van der Waals surface area (Å²) in [5.74, 6) is 0.523. The van der Waals surface area contributed by atoms with E-state index in [1.54, 1.807) is 74.9 Å². The second kappa shape index (κ2) is 9.40. The summed E-state index contributed by atoms with van der Waals surface area (Å²) in [6.07, 6.45) is 0. The Balaban J connectivity index is 1.76. The molecule has 0 bridgehead atoms. The minimum atomic E-state index is -0.456. The fourth-order valence-electron chi connectivity index (χ4n) is 3.40. The summed E-state index contributed by atoms with van der Waals surface area (Å²) in [6, 6.07) is 21.3. The van der Waals surface area contributed by atoms with Gasteiger partial charge < -0.3 is 14.8 Å². The van der Waals surface area contributed by atoms with Crippen LogP contribution in [-0.2, 0) is 0 Å². The molecule has 0 fully saturated rings. The van der Waals surface area contributed by atoms with E-state index in [2.05, 4.69) is 15.5 Å². The van der Waals surface area contributed by atoms with E-state index in [4.69, 9.17) is 9.47 Å². The highest BCUT2D eigenvalue weighted by Crippen LogP contribution is 2.29. The molecule has 4 aromatic rings. The molecule has 2 N–H and O–H groups in total. The molecule has 3 aromatic carbocycles. The standard InChI is InChI=1S/C26H23N3O4/c1-16-4-10-19(11-5-16)27-26(31)24-22(25(30)18-8-14-21(33-3)15-9-18)23(28-29-24)17-6-12-20(32-2)13-7-17/h4-15H,1-3H3,(H,27,31)(H,28,29). The van der Waals surface area contributed by atoms with Gasteiger partial charge in [0.25, 0.3) is 5.91 Å². The molecule has 4 rings (SSSR count). The molecule has 166 valence electrons. The van der Waals surface area contributed by atoms with Gasteiger partial charge in [-0.2, -0.15) is 5.10 Å². The van der Waals surface area contributed by atoms with Crippen molar-refractivity contribution in [1.29, 1.82) is 0 Å². The Kier molecular flexibility index (Phi) is 6.22. The molecule has 0 saturated carbocycles. The summed E-state index contributed by atoms with van der Waals surface area (Å²) < 4.78 is 10.4. The second-order valence-electron chi connectivity index (χ2n) is 7.43. The zero-order valence-electron chi connectivity index (χ0n) is 18.5. The van der Waals surface area contributed by atoms with Crippen LogP contribution in [0, 0.1) is 6.92 Å². The molecule has 0 aliphatic heterocycles. The van der Waals surface area contributed by atoms with Crippen molar-refractivity contribution in [1.82, 2.24) is 10.2 Å². The number of ether oxygens (including phenoxy) is 2. The van der Waals surface area contributed by atoms with E-state index in [0.29, 0.717) is 34.0 Å². The fourth-order valence-corrected chi connectivity index (χ4v) is 3.40. The molecule has 0 aliphatic carbocycles. The molecule has 0 unspecified atom stereocenters. The minimum absolute atomic E-state index is 0.0854. The summed E-state index contributed by atoms with van der Waals surface area (Å²) in [4.78, 5) is 26.7. The highest BCUT2D eigenvalue weighted by molar-refractivity contribution is 6.19. The molecule has 33 heavy (non-hydrogen) atoms. The van der Waals surface area contributed by atoms with E-state index in [0.717, 1.165) is 5.56 Å². The number of hydrogen-bond donors (Lipinski definition) is 2. The van der Waals surface area contributed by atoms with Crippen LogP contribution < -0.4 is 14.8 Å². The summed E-state index contributed by atoms with van der Waals surface area (Å²) in [7, 11) is 3.14. The van der Waals surface area contributed by atoms with Gasteiger partial charge in [0, 0.05) is 16.8 Å². The SMILES string of the molecule is COc1ccc(C(=O)c2c(-c3ccc(OC)cc3)n[nH]c2C(=O)Nc2ccc(C)cc2)cc1. The predicted octanol–water partition coefficient (Wildman–Crippen LogP) is 4.89. The van der Waals surface area contributed by atoms with Crippen molar-refractivity contribution in [2.45, 2.75) is 6.92 Å². The zero-order valence-corrected chi connectivity index (χ0v) is 18.5. The van der Waals surface area contributed by atoms with Gasteiger partial charge in [-0.25, -0.2) is 0 Å². The van der Waals surface area contributed by atoms with Gasteiger partial charge in [0.15, 0.2) is 5.78 Å². The Labute approximate surface area is 191 Å². The van der Waals surface area contributed by atoms with Crippen molar-refractivity contribution in [2.75, 3.05) is 19.5 Å². The van der Waals surface area contributed by atoms with Crippen LogP contribution in [0.2, 0.25) is 0 Å². The maximum absolute atomic E-state index is 13.5. The zero-order chi connectivity index (χ0) is 23.4. The lowest BCUT2D eigenvalue weighted by Gasteiger charge is -2.08. The van der Waals surface area contributed by atoms with Gasteiger partial charge in [0.1, 0.15) is 22.9 Å². The van der Waals surface area contributed by atoms with Crippen LogP contribution in [0.15, 0.2) is 72.8 Å². The van der Waals surface area contributed by atoms with Gasteiger partial charge in [-0.3, -0.25) is 14.7 Å². The van der Waals surface area contributed by atoms with Gasteiger partial charge in [0.05, 0.1) is 19.8 Å². The van der Waals surface area contributed by atoms with E-state index < -0.39 is 5.91 Å². The number of carbonyl (C=O) groups is 2. The fraction of sp³-hybridized carbons (Fsp3) is 0.115. The first-order valence-corrected chi connectivity index (χ1v) is 10.3. The van der Waals surface area contributed by atoms with Crippen LogP contribution in [0.1, 0.15) is 32.0 Å². The number of ketones is 1. The monoisotopic (exact) mass is 441 g/mol. The number of methoxy groups -OCH3 is 2. The third kappa shape index (κ3) is 4.62. The van der Waals surface area contributed by atoms with Crippen molar-refractivity contribution in [3.05, 3.63) is 95.2 Å². The summed E-state index contributed by atoms with van der Waals surface area (Å²) in [5, 5.41) is 9.93. The minimum Gasteiger partial charge on any atom is -0.497 e. The molecule has 0 saturated heterocycles. The first kappa shape index (κ1) is 21.8. The Morgan fingerprint density at radius 2 is 1.39 bits per heavy atom. The number of hydrogen-bond acceptors (Lipinski definition) is 5. The number of nitrogens with one attached hydrogen (secondary N) is 2. The lowest BCUT2D eigenvalue weighted by Crippen LogP contribution is -2.17. The van der Waals surface area contributed by atoms with E-state index in [-0.39, 0.29) is 17.0 Å². The molecule has 7 heteroatoms. The van der Waals surface area contributed by atoms with Crippen molar-refractivity contribution < 1.29 is 19.1 Å². The van der Waals surface area contributed by atoms with Crippen molar-refractivity contribution in [2.24, 2.45) is 0 Å². The van der Waals surface area contributed by atoms with E-state index in [9.17, 15) is 9.59 Å². The average Bonchev–Trinajstić information content (AvgIpc) is 3.30. The lowest BCUT2D eigenvalue weighted by atomic mass is 9.97. The quantitative estimate of drug-likeness (QED) is 0.399. The molecule has 0 spiro atoms. The second-order valence-corrected chi connectivity index (χ2v) is 7.43. The van der Waals surface area contributed by atoms with Gasteiger partial charge in [-0.1, -0.05) is 17.7 Å². The number of amides is 1. The Morgan fingerprint density at radius 3 is 1.97 bits per heavy atom. The summed E-state index contributed by atoms with van der Waals surface area (Å²) in [6.45, 7) is 1.97. The van der Waals surface area contributed by atoms with Gasteiger partial charge in [-0.05, 0) is 67.6 Å². The van der Waals surface area contributed by atoms with E-state index in [1.165, 1.54) is 0 Å². The maximum atomic E-state index is 13.5. The average molecular weight is 441 g/mol. The number of benzene rings is 3. The number of aryl methyl sites for hydroxylation is 1. The molecule has 0 radical (unpaired) electrons. The van der Waals surface area contributed by atoms with E-state index >= 15 is 0 Å². The topological polar surface area (TPSA) is 93.3 Å². The number of carbonyl (C=O) groups excluding carboxylic acids is 2. The predicted molar refractivity (Wildman–Crippen MR) is 126 cm³/mol. The molecule has 7 nitrogen and oxygen atoms in total. The highest BCUT2D eigenvalue weighted by Gasteiger charge is 2.27. The smallest absolute Gasteiger partial charge is 0.274 e. The first-order valence-electron chi connectivity index (χ1n) is 10.3. The van der Waals surface area contributed by atoms with Crippen LogP contribution in [0.5, 0.6) is 11.5 Å². The lowest BCUT2D eigenvalue weighted by molar-refractivity contribution is 0.0994. The Morgan fingerprint density at radius 1 is 0.818 bits per heavy atom. The Hall–Kier alpha value is -4.39. The number of aromatic amines is 1. The normalized spacial score (nSPS) is 10.5.